The van der Waals surface area contributed by atoms with Crippen molar-refractivity contribution in [2.24, 2.45) is 0 Å². The van der Waals surface area contributed by atoms with Crippen molar-refractivity contribution in [2.45, 2.75) is 37.9 Å². The smallest absolute Gasteiger partial charge is 0.338 e. The SMILES string of the molecule is O=C(O[C@H]1CCC[C@H](OC(=O)c2ccc3cc4ccccc4cc3c2)C1)c1ccc2cc3ccccc3cc2c1. The molecule has 0 aliphatic heterocycles. The van der Waals surface area contributed by atoms with Gasteiger partial charge in [-0.15, -0.1) is 0 Å². The highest BCUT2D eigenvalue weighted by Gasteiger charge is 2.28. The first-order valence-corrected chi connectivity index (χ1v) is 13.9. The van der Waals surface area contributed by atoms with Crippen LogP contribution in [0.15, 0.2) is 109 Å². The quantitative estimate of drug-likeness (QED) is 0.171. The molecule has 1 aliphatic carbocycles. The van der Waals surface area contributed by atoms with Crippen molar-refractivity contribution < 1.29 is 19.1 Å². The Morgan fingerprint density at radius 1 is 0.475 bits per heavy atom. The van der Waals surface area contributed by atoms with Gasteiger partial charge in [-0.25, -0.2) is 9.59 Å². The van der Waals surface area contributed by atoms with Gasteiger partial charge in [0, 0.05) is 6.42 Å². The Hall–Kier alpha value is -4.70. The molecule has 2 atom stereocenters. The first kappa shape index (κ1) is 24.3. The Morgan fingerprint density at radius 2 is 0.850 bits per heavy atom. The van der Waals surface area contributed by atoms with Crippen molar-refractivity contribution in [1.29, 1.82) is 0 Å². The van der Waals surface area contributed by atoms with E-state index in [1.807, 2.05) is 60.7 Å². The lowest BCUT2D eigenvalue weighted by molar-refractivity contribution is -0.0176. The monoisotopic (exact) mass is 524 g/mol. The molecule has 0 saturated heterocycles. The van der Waals surface area contributed by atoms with Crippen LogP contribution in [0.3, 0.4) is 0 Å². The van der Waals surface area contributed by atoms with Crippen LogP contribution in [0.25, 0.3) is 43.1 Å². The summed E-state index contributed by atoms with van der Waals surface area (Å²) in [6.45, 7) is 0. The van der Waals surface area contributed by atoms with E-state index in [1.165, 1.54) is 10.8 Å². The highest BCUT2D eigenvalue weighted by molar-refractivity contribution is 6.03. The average Bonchev–Trinajstić information content (AvgIpc) is 2.98. The summed E-state index contributed by atoms with van der Waals surface area (Å²) in [5.41, 5.74) is 1.07. The second-order valence-electron chi connectivity index (χ2n) is 10.7. The average molecular weight is 525 g/mol. The van der Waals surface area contributed by atoms with Crippen LogP contribution < -0.4 is 0 Å². The van der Waals surface area contributed by atoms with E-state index >= 15 is 0 Å². The third-order valence-corrected chi connectivity index (χ3v) is 8.01. The Labute approximate surface area is 232 Å². The molecule has 6 aromatic carbocycles. The summed E-state index contributed by atoms with van der Waals surface area (Å²) >= 11 is 0. The van der Waals surface area contributed by atoms with Gasteiger partial charge in [0.05, 0.1) is 11.1 Å². The molecular formula is C36H28O4. The number of fused-ring (bicyclic) bond motifs is 4. The Bertz CT molecular complexity index is 1780. The summed E-state index contributed by atoms with van der Waals surface area (Å²) in [6.07, 6.45) is 2.31. The molecule has 40 heavy (non-hydrogen) atoms. The fraction of sp³-hybridized carbons (Fsp3) is 0.167. The number of carbonyl (C=O) groups is 2. The number of hydrogen-bond acceptors (Lipinski definition) is 4. The molecule has 196 valence electrons. The van der Waals surface area contributed by atoms with Crippen molar-refractivity contribution in [3.63, 3.8) is 0 Å². The maximum atomic E-state index is 13.1. The summed E-state index contributed by atoms with van der Waals surface area (Å²) in [4.78, 5) is 26.1. The summed E-state index contributed by atoms with van der Waals surface area (Å²) in [5.74, 6) is -0.678. The first-order chi connectivity index (χ1) is 19.6. The summed E-state index contributed by atoms with van der Waals surface area (Å²) in [7, 11) is 0. The van der Waals surface area contributed by atoms with E-state index in [1.54, 1.807) is 0 Å². The lowest BCUT2D eigenvalue weighted by atomic mass is 9.94. The number of benzene rings is 6. The largest absolute Gasteiger partial charge is 0.459 e. The molecule has 4 nitrogen and oxygen atoms in total. The molecule has 1 aliphatic rings. The van der Waals surface area contributed by atoms with E-state index in [0.717, 1.165) is 51.6 Å². The van der Waals surface area contributed by atoms with E-state index in [0.29, 0.717) is 17.5 Å². The Morgan fingerprint density at radius 3 is 1.27 bits per heavy atom. The second-order valence-corrected chi connectivity index (χ2v) is 10.7. The number of esters is 2. The molecule has 0 heterocycles. The van der Waals surface area contributed by atoms with Gasteiger partial charge in [-0.3, -0.25) is 0 Å². The standard InChI is InChI=1S/C36H28O4/c37-35(29-14-12-27-16-23-6-1-3-8-25(23)18-31(27)20-29)39-33-10-5-11-34(22-33)40-36(38)30-15-13-28-17-24-7-2-4-9-26(24)19-32(28)21-30/h1-4,6-9,12-21,33-34H,5,10-11,22H2/t33-,34-/m0/s1. The van der Waals surface area contributed by atoms with Gasteiger partial charge in [-0.05, 0) is 111 Å². The zero-order valence-corrected chi connectivity index (χ0v) is 22.0. The summed E-state index contributed by atoms with van der Waals surface area (Å²) in [6, 6.07) is 36.3. The van der Waals surface area contributed by atoms with Gasteiger partial charge >= 0.3 is 11.9 Å². The third kappa shape index (κ3) is 4.77. The van der Waals surface area contributed by atoms with Crippen LogP contribution in [-0.4, -0.2) is 24.1 Å². The van der Waals surface area contributed by atoms with Crippen LogP contribution in [0.5, 0.6) is 0 Å². The van der Waals surface area contributed by atoms with Crippen LogP contribution in [-0.2, 0) is 9.47 Å². The van der Waals surface area contributed by atoms with E-state index in [4.69, 9.17) is 9.47 Å². The highest BCUT2D eigenvalue weighted by atomic mass is 16.6. The van der Waals surface area contributed by atoms with E-state index in [2.05, 4.69) is 48.5 Å². The van der Waals surface area contributed by atoms with Gasteiger partial charge in [0.1, 0.15) is 12.2 Å². The zero-order valence-electron chi connectivity index (χ0n) is 22.0. The van der Waals surface area contributed by atoms with Crippen molar-refractivity contribution in [1.82, 2.24) is 0 Å². The van der Waals surface area contributed by atoms with Gasteiger partial charge in [-0.2, -0.15) is 0 Å². The molecule has 0 radical (unpaired) electrons. The molecule has 0 bridgehead atoms. The summed E-state index contributed by atoms with van der Waals surface area (Å²) in [5, 5.41) is 8.80. The highest BCUT2D eigenvalue weighted by Crippen LogP contribution is 2.29. The minimum absolute atomic E-state index is 0.283. The van der Waals surface area contributed by atoms with Gasteiger partial charge in [0.2, 0.25) is 0 Å². The molecule has 0 N–H and O–H groups in total. The molecule has 0 amide bonds. The predicted molar refractivity (Wildman–Crippen MR) is 160 cm³/mol. The number of ether oxygens (including phenoxy) is 2. The van der Waals surface area contributed by atoms with Gasteiger partial charge in [-0.1, -0.05) is 60.7 Å². The maximum absolute atomic E-state index is 13.1. The number of carbonyl (C=O) groups excluding carboxylic acids is 2. The zero-order chi connectivity index (χ0) is 27.1. The van der Waals surface area contributed by atoms with Crippen LogP contribution >= 0.6 is 0 Å². The molecular weight excluding hydrogens is 496 g/mol. The molecule has 7 rings (SSSR count). The van der Waals surface area contributed by atoms with Gasteiger partial charge in [0.25, 0.3) is 0 Å². The van der Waals surface area contributed by atoms with E-state index in [-0.39, 0.29) is 24.1 Å². The molecule has 4 heteroatoms. The fourth-order valence-corrected chi connectivity index (χ4v) is 5.89. The summed E-state index contributed by atoms with van der Waals surface area (Å²) < 4.78 is 11.8. The third-order valence-electron chi connectivity index (χ3n) is 8.01. The molecule has 0 spiro atoms. The lowest BCUT2D eigenvalue weighted by Crippen LogP contribution is -2.31. The van der Waals surface area contributed by atoms with Crippen LogP contribution in [0.4, 0.5) is 0 Å². The molecule has 1 saturated carbocycles. The van der Waals surface area contributed by atoms with Crippen molar-refractivity contribution in [3.05, 3.63) is 120 Å². The first-order valence-electron chi connectivity index (χ1n) is 13.9. The minimum Gasteiger partial charge on any atom is -0.459 e. The van der Waals surface area contributed by atoms with Crippen LogP contribution in [0.2, 0.25) is 0 Å². The van der Waals surface area contributed by atoms with Crippen molar-refractivity contribution >= 4 is 55.0 Å². The topological polar surface area (TPSA) is 52.6 Å². The van der Waals surface area contributed by atoms with E-state index < -0.39 is 0 Å². The second kappa shape index (κ2) is 10.1. The van der Waals surface area contributed by atoms with Crippen molar-refractivity contribution in [2.75, 3.05) is 0 Å². The predicted octanol–water partition coefficient (Wildman–Crippen LogP) is 8.62. The fourth-order valence-electron chi connectivity index (χ4n) is 5.89. The molecule has 0 unspecified atom stereocenters. The maximum Gasteiger partial charge on any atom is 0.338 e. The van der Waals surface area contributed by atoms with Gasteiger partial charge in [0.15, 0.2) is 0 Å². The number of hydrogen-bond donors (Lipinski definition) is 0. The lowest BCUT2D eigenvalue weighted by Gasteiger charge is -2.28. The van der Waals surface area contributed by atoms with Gasteiger partial charge < -0.3 is 9.47 Å². The Balaban J connectivity index is 1.03. The molecule has 0 aromatic heterocycles. The minimum atomic E-state index is -0.339. The number of rotatable bonds is 4. The van der Waals surface area contributed by atoms with Crippen molar-refractivity contribution in [3.8, 4) is 0 Å². The Kier molecular flexibility index (Phi) is 6.16. The normalized spacial score (nSPS) is 17.3. The van der Waals surface area contributed by atoms with Crippen LogP contribution in [0.1, 0.15) is 46.4 Å². The van der Waals surface area contributed by atoms with E-state index in [9.17, 15) is 9.59 Å². The molecule has 6 aromatic rings. The van der Waals surface area contributed by atoms with Crippen LogP contribution in [0, 0.1) is 0 Å². The molecule has 1 fully saturated rings.